The van der Waals surface area contributed by atoms with Crippen molar-refractivity contribution in [3.63, 3.8) is 0 Å². The lowest BCUT2D eigenvalue weighted by molar-refractivity contribution is -0.125. The lowest BCUT2D eigenvalue weighted by Gasteiger charge is -2.37. The van der Waals surface area contributed by atoms with E-state index in [4.69, 9.17) is 4.74 Å². The van der Waals surface area contributed by atoms with E-state index >= 15 is 0 Å². The minimum absolute atomic E-state index is 0.0553. The standard InChI is InChI=1S/C19H25NO2S/c21-18(16-7-3-1-4-8-16)20-15-19(11-13-22-14-12-19)23-17-9-5-2-6-10-17/h1-3,5-6,9-10,16H,4,7-8,11-15H2,(H,20,21)/t16-/m0/s1. The Labute approximate surface area is 142 Å². The number of carbonyl (C=O) groups is 1. The van der Waals surface area contributed by atoms with E-state index in [9.17, 15) is 4.79 Å². The van der Waals surface area contributed by atoms with Crippen molar-refractivity contribution >= 4 is 17.7 Å². The summed E-state index contributed by atoms with van der Waals surface area (Å²) in [5.41, 5.74) is 0. The van der Waals surface area contributed by atoms with E-state index in [0.717, 1.165) is 51.9 Å². The molecular weight excluding hydrogens is 306 g/mol. The number of rotatable bonds is 5. The van der Waals surface area contributed by atoms with E-state index in [1.807, 2.05) is 17.8 Å². The second-order valence-electron chi connectivity index (χ2n) is 6.41. The molecule has 0 saturated carbocycles. The molecule has 1 atom stereocenters. The van der Waals surface area contributed by atoms with Crippen molar-refractivity contribution in [2.24, 2.45) is 5.92 Å². The molecule has 0 bridgehead atoms. The molecule has 3 rings (SSSR count). The molecule has 0 unspecified atom stereocenters. The second-order valence-corrected chi connectivity index (χ2v) is 7.95. The van der Waals surface area contributed by atoms with Crippen LogP contribution in [0.5, 0.6) is 0 Å². The number of nitrogens with one attached hydrogen (secondary N) is 1. The predicted octanol–water partition coefficient (Wildman–Crippen LogP) is 3.80. The molecule has 0 aromatic heterocycles. The van der Waals surface area contributed by atoms with Crippen molar-refractivity contribution in [3.05, 3.63) is 42.5 Å². The first-order chi connectivity index (χ1) is 11.3. The summed E-state index contributed by atoms with van der Waals surface area (Å²) in [6.45, 7) is 2.29. The van der Waals surface area contributed by atoms with Crippen LogP contribution in [0.25, 0.3) is 0 Å². The summed E-state index contributed by atoms with van der Waals surface area (Å²) in [5.74, 6) is 0.368. The molecule has 1 N–H and O–H groups in total. The van der Waals surface area contributed by atoms with E-state index in [2.05, 4.69) is 41.7 Å². The van der Waals surface area contributed by atoms with Gasteiger partial charge in [0.15, 0.2) is 0 Å². The van der Waals surface area contributed by atoms with Gasteiger partial charge in [-0.3, -0.25) is 4.79 Å². The molecular formula is C19H25NO2S. The van der Waals surface area contributed by atoms with Crippen LogP contribution in [-0.2, 0) is 9.53 Å². The monoisotopic (exact) mass is 331 g/mol. The van der Waals surface area contributed by atoms with Gasteiger partial charge in [-0.05, 0) is 44.2 Å². The van der Waals surface area contributed by atoms with Crippen molar-refractivity contribution in [1.29, 1.82) is 0 Å². The van der Waals surface area contributed by atoms with Gasteiger partial charge in [-0.2, -0.15) is 0 Å². The molecule has 124 valence electrons. The van der Waals surface area contributed by atoms with Crippen molar-refractivity contribution in [2.45, 2.75) is 41.7 Å². The first-order valence-corrected chi connectivity index (χ1v) is 9.34. The number of ether oxygens (including phenoxy) is 1. The fraction of sp³-hybridized carbons (Fsp3) is 0.526. The maximum atomic E-state index is 12.4. The number of thioether (sulfide) groups is 1. The Morgan fingerprint density at radius 3 is 2.70 bits per heavy atom. The molecule has 1 aromatic carbocycles. The van der Waals surface area contributed by atoms with Crippen LogP contribution >= 0.6 is 11.8 Å². The molecule has 3 nitrogen and oxygen atoms in total. The zero-order valence-electron chi connectivity index (χ0n) is 13.5. The first-order valence-electron chi connectivity index (χ1n) is 8.52. The average molecular weight is 331 g/mol. The minimum atomic E-state index is 0.0553. The molecule has 2 aliphatic rings. The molecule has 4 heteroatoms. The van der Waals surface area contributed by atoms with Crippen LogP contribution in [0, 0.1) is 5.92 Å². The van der Waals surface area contributed by atoms with Crippen LogP contribution in [0.1, 0.15) is 32.1 Å². The smallest absolute Gasteiger partial charge is 0.223 e. The lowest BCUT2D eigenvalue weighted by Crippen LogP contribution is -2.46. The minimum Gasteiger partial charge on any atom is -0.381 e. The van der Waals surface area contributed by atoms with Crippen LogP contribution in [0.3, 0.4) is 0 Å². The van der Waals surface area contributed by atoms with E-state index in [1.54, 1.807) is 0 Å². The highest BCUT2D eigenvalue weighted by Gasteiger charge is 2.34. The SMILES string of the molecule is O=C(NCC1(Sc2ccccc2)CCOCC1)[C@H]1CC=CCC1. The van der Waals surface area contributed by atoms with E-state index in [1.165, 1.54) is 4.90 Å². The molecule has 1 heterocycles. The van der Waals surface area contributed by atoms with E-state index < -0.39 is 0 Å². The fourth-order valence-electron chi connectivity index (χ4n) is 3.22. The average Bonchev–Trinajstić information content (AvgIpc) is 2.62. The quantitative estimate of drug-likeness (QED) is 0.834. The number of amides is 1. The van der Waals surface area contributed by atoms with Crippen LogP contribution < -0.4 is 5.32 Å². The van der Waals surface area contributed by atoms with Gasteiger partial charge in [0.2, 0.25) is 5.91 Å². The Morgan fingerprint density at radius 1 is 1.22 bits per heavy atom. The Bertz CT molecular complexity index is 538. The number of benzene rings is 1. The maximum absolute atomic E-state index is 12.4. The maximum Gasteiger partial charge on any atom is 0.223 e. The van der Waals surface area contributed by atoms with Gasteiger partial charge in [-0.25, -0.2) is 0 Å². The summed E-state index contributed by atoms with van der Waals surface area (Å²) in [6.07, 6.45) is 9.16. The number of hydrogen-bond acceptors (Lipinski definition) is 3. The van der Waals surface area contributed by atoms with Gasteiger partial charge in [-0.15, -0.1) is 11.8 Å². The number of carbonyl (C=O) groups excluding carboxylic acids is 1. The highest BCUT2D eigenvalue weighted by atomic mass is 32.2. The van der Waals surface area contributed by atoms with E-state index in [-0.39, 0.29) is 16.6 Å². The topological polar surface area (TPSA) is 38.3 Å². The molecule has 0 radical (unpaired) electrons. The molecule has 23 heavy (non-hydrogen) atoms. The van der Waals surface area contributed by atoms with Gasteiger partial charge in [0.05, 0.1) is 0 Å². The number of allylic oxidation sites excluding steroid dienone is 2. The third kappa shape index (κ3) is 4.61. The molecule has 1 saturated heterocycles. The molecule has 1 aliphatic heterocycles. The van der Waals surface area contributed by atoms with Gasteiger partial charge in [0, 0.05) is 35.3 Å². The zero-order chi connectivity index (χ0) is 16.0. The number of hydrogen-bond donors (Lipinski definition) is 1. The second kappa shape index (κ2) is 8.02. The van der Waals surface area contributed by atoms with Crippen LogP contribution in [0.15, 0.2) is 47.4 Å². The summed E-state index contributed by atoms with van der Waals surface area (Å²) in [6, 6.07) is 10.5. The van der Waals surface area contributed by atoms with Gasteiger partial charge in [0.1, 0.15) is 0 Å². The Morgan fingerprint density at radius 2 is 2.00 bits per heavy atom. The first kappa shape index (κ1) is 16.6. The van der Waals surface area contributed by atoms with Crippen LogP contribution in [-0.4, -0.2) is 30.4 Å². The molecule has 1 aromatic rings. The van der Waals surface area contributed by atoms with Crippen molar-refractivity contribution in [3.8, 4) is 0 Å². The third-order valence-electron chi connectivity index (χ3n) is 4.71. The predicted molar refractivity (Wildman–Crippen MR) is 94.6 cm³/mol. The van der Waals surface area contributed by atoms with Crippen molar-refractivity contribution < 1.29 is 9.53 Å². The zero-order valence-corrected chi connectivity index (χ0v) is 14.3. The summed E-state index contributed by atoms with van der Waals surface area (Å²) >= 11 is 1.89. The Kier molecular flexibility index (Phi) is 5.79. The van der Waals surface area contributed by atoms with Crippen LogP contribution in [0.4, 0.5) is 0 Å². The highest BCUT2D eigenvalue weighted by molar-refractivity contribution is 8.00. The van der Waals surface area contributed by atoms with Gasteiger partial charge in [-0.1, -0.05) is 30.4 Å². The normalized spacial score (nSPS) is 23.4. The highest BCUT2D eigenvalue weighted by Crippen LogP contribution is 2.40. The van der Waals surface area contributed by atoms with Crippen molar-refractivity contribution in [2.75, 3.05) is 19.8 Å². The van der Waals surface area contributed by atoms with Gasteiger partial charge >= 0.3 is 0 Å². The molecule has 1 amide bonds. The molecule has 1 fully saturated rings. The summed E-state index contributed by atoms with van der Waals surface area (Å²) in [7, 11) is 0. The largest absolute Gasteiger partial charge is 0.381 e. The van der Waals surface area contributed by atoms with E-state index in [0.29, 0.717) is 0 Å². The van der Waals surface area contributed by atoms with Crippen molar-refractivity contribution in [1.82, 2.24) is 5.32 Å². The summed E-state index contributed by atoms with van der Waals surface area (Å²) in [5, 5.41) is 3.23. The lowest BCUT2D eigenvalue weighted by atomic mass is 9.93. The Balaban J connectivity index is 1.62. The molecule has 1 aliphatic carbocycles. The fourth-order valence-corrected chi connectivity index (χ4v) is 4.53. The van der Waals surface area contributed by atoms with Gasteiger partial charge < -0.3 is 10.1 Å². The molecule has 0 spiro atoms. The van der Waals surface area contributed by atoms with Gasteiger partial charge in [0.25, 0.3) is 0 Å². The summed E-state index contributed by atoms with van der Waals surface area (Å²) in [4.78, 5) is 13.7. The summed E-state index contributed by atoms with van der Waals surface area (Å²) < 4.78 is 5.61. The Hall–Kier alpha value is -1.26. The third-order valence-corrected chi connectivity index (χ3v) is 6.20. The van der Waals surface area contributed by atoms with Crippen LogP contribution in [0.2, 0.25) is 0 Å².